The van der Waals surface area contributed by atoms with Gasteiger partial charge in [-0.05, 0) is 19.1 Å². The van der Waals surface area contributed by atoms with E-state index in [-0.39, 0.29) is 24.2 Å². The maximum absolute atomic E-state index is 12.7. The van der Waals surface area contributed by atoms with Crippen LogP contribution in [0.4, 0.5) is 0 Å². The summed E-state index contributed by atoms with van der Waals surface area (Å²) in [6.45, 7) is 4.25. The highest BCUT2D eigenvalue weighted by atomic mass is 32.2. The summed E-state index contributed by atoms with van der Waals surface area (Å²) < 4.78 is 25.1. The second-order valence-corrected chi connectivity index (χ2v) is 8.51. The highest BCUT2D eigenvalue weighted by molar-refractivity contribution is 7.89. The number of amides is 1. The second kappa shape index (κ2) is 6.52. The fourth-order valence-electron chi connectivity index (χ4n) is 3.04. The average Bonchev–Trinajstić information content (AvgIpc) is 2.83. The van der Waals surface area contributed by atoms with Gasteiger partial charge in [-0.1, -0.05) is 12.1 Å². The third-order valence-electron chi connectivity index (χ3n) is 4.14. The summed E-state index contributed by atoms with van der Waals surface area (Å²) in [5, 5.41) is 3.31. The predicted molar refractivity (Wildman–Crippen MR) is 92.3 cm³/mol. The van der Waals surface area contributed by atoms with Gasteiger partial charge in [0.05, 0.1) is 11.0 Å². The Morgan fingerprint density at radius 1 is 1.38 bits per heavy atom. The largest absolute Gasteiger partial charge is 0.338 e. The number of rotatable bonds is 4. The molecule has 2 aromatic rings. The molecule has 1 atom stereocenters. The summed E-state index contributed by atoms with van der Waals surface area (Å²) in [6.07, 6.45) is 1.18. The lowest BCUT2D eigenvalue weighted by molar-refractivity contribution is -0.132. The van der Waals surface area contributed by atoms with E-state index >= 15 is 0 Å². The summed E-state index contributed by atoms with van der Waals surface area (Å²) in [6, 6.07) is 7.67. The van der Waals surface area contributed by atoms with Gasteiger partial charge in [-0.2, -0.15) is 0 Å². The number of nitrogens with one attached hydrogen (secondary N) is 1. The Kier molecular flexibility index (Phi) is 4.60. The van der Waals surface area contributed by atoms with E-state index in [1.807, 2.05) is 36.1 Å². The Hall–Kier alpha value is -1.93. The number of fused-ring (bicyclic) bond motifs is 1. The van der Waals surface area contributed by atoms with Crippen LogP contribution in [0.15, 0.2) is 24.3 Å². The molecule has 8 heteroatoms. The Morgan fingerprint density at radius 2 is 2.12 bits per heavy atom. The molecule has 24 heavy (non-hydrogen) atoms. The van der Waals surface area contributed by atoms with Crippen LogP contribution in [0.2, 0.25) is 0 Å². The van der Waals surface area contributed by atoms with Crippen LogP contribution in [0, 0.1) is 0 Å². The number of para-hydroxylation sites is 2. The highest BCUT2D eigenvalue weighted by Gasteiger charge is 2.23. The van der Waals surface area contributed by atoms with E-state index in [9.17, 15) is 13.2 Å². The number of hydrogen-bond acceptors (Lipinski definition) is 5. The van der Waals surface area contributed by atoms with E-state index < -0.39 is 9.84 Å². The molecule has 0 spiro atoms. The van der Waals surface area contributed by atoms with Gasteiger partial charge >= 0.3 is 0 Å². The minimum Gasteiger partial charge on any atom is -0.338 e. The van der Waals surface area contributed by atoms with Crippen molar-refractivity contribution in [1.82, 2.24) is 19.8 Å². The monoisotopic (exact) mass is 350 g/mol. The summed E-state index contributed by atoms with van der Waals surface area (Å²) in [4.78, 5) is 18.9. The van der Waals surface area contributed by atoms with Crippen LogP contribution in [0.3, 0.4) is 0 Å². The number of carbonyl (C=O) groups is 1. The van der Waals surface area contributed by atoms with E-state index in [0.29, 0.717) is 24.4 Å². The van der Waals surface area contributed by atoms with Crippen molar-refractivity contribution in [3.8, 4) is 0 Å². The summed E-state index contributed by atoms with van der Waals surface area (Å²) in [7, 11) is -3.23. The Labute approximate surface area is 141 Å². The zero-order chi connectivity index (χ0) is 17.3. The normalized spacial score (nSPS) is 18.9. The third-order valence-corrected chi connectivity index (χ3v) is 4.92. The lowest BCUT2D eigenvalue weighted by atomic mass is 10.2. The number of piperazine rings is 1. The molecule has 1 saturated heterocycles. The smallest absolute Gasteiger partial charge is 0.242 e. The van der Waals surface area contributed by atoms with Crippen LogP contribution in [-0.2, 0) is 26.9 Å². The van der Waals surface area contributed by atoms with Gasteiger partial charge in [0.25, 0.3) is 0 Å². The number of benzene rings is 1. The van der Waals surface area contributed by atoms with Crippen molar-refractivity contribution in [2.24, 2.45) is 0 Å². The number of nitrogens with zero attached hydrogens (tertiary/aromatic N) is 3. The van der Waals surface area contributed by atoms with Gasteiger partial charge in [0.2, 0.25) is 5.91 Å². The zero-order valence-corrected chi connectivity index (χ0v) is 14.7. The van der Waals surface area contributed by atoms with Gasteiger partial charge < -0.3 is 14.8 Å². The highest BCUT2D eigenvalue weighted by Crippen LogP contribution is 2.18. The van der Waals surface area contributed by atoms with Crippen LogP contribution in [-0.4, -0.2) is 60.7 Å². The summed E-state index contributed by atoms with van der Waals surface area (Å²) in [5.41, 5.74) is 1.49. The summed E-state index contributed by atoms with van der Waals surface area (Å²) >= 11 is 0. The Morgan fingerprint density at radius 3 is 2.83 bits per heavy atom. The number of imidazole rings is 1. The molecule has 7 nitrogen and oxygen atoms in total. The molecule has 1 aromatic carbocycles. The van der Waals surface area contributed by atoms with Crippen LogP contribution in [0.25, 0.3) is 11.0 Å². The minimum atomic E-state index is -3.23. The van der Waals surface area contributed by atoms with E-state index in [2.05, 4.69) is 10.3 Å². The topological polar surface area (TPSA) is 84.3 Å². The fourth-order valence-corrected chi connectivity index (χ4v) is 3.73. The molecule has 0 aliphatic carbocycles. The van der Waals surface area contributed by atoms with E-state index in [1.165, 1.54) is 6.26 Å². The molecule has 0 saturated carbocycles. The zero-order valence-electron chi connectivity index (χ0n) is 13.9. The van der Waals surface area contributed by atoms with Gasteiger partial charge in [-0.25, -0.2) is 13.4 Å². The van der Waals surface area contributed by atoms with Crippen molar-refractivity contribution in [3.05, 3.63) is 30.1 Å². The lowest BCUT2D eigenvalue weighted by Gasteiger charge is -2.32. The summed E-state index contributed by atoms with van der Waals surface area (Å²) in [5.74, 6) is 0.226. The van der Waals surface area contributed by atoms with Crippen molar-refractivity contribution >= 4 is 26.8 Å². The number of aromatic nitrogens is 2. The van der Waals surface area contributed by atoms with Crippen LogP contribution in [0.1, 0.15) is 12.7 Å². The number of hydrogen-bond donors (Lipinski definition) is 1. The SMILES string of the molecule is CC1CN(C(=O)Cn2c(CS(C)(=O)=O)nc3ccccc32)CCN1. The molecule has 2 heterocycles. The van der Waals surface area contributed by atoms with Crippen LogP contribution in [0.5, 0.6) is 0 Å². The maximum Gasteiger partial charge on any atom is 0.242 e. The molecule has 130 valence electrons. The van der Waals surface area contributed by atoms with Gasteiger partial charge in [-0.15, -0.1) is 0 Å². The molecule has 1 aliphatic rings. The van der Waals surface area contributed by atoms with Crippen molar-refractivity contribution in [2.45, 2.75) is 25.3 Å². The number of carbonyl (C=O) groups excluding carboxylic acids is 1. The minimum absolute atomic E-state index is 0.0127. The average molecular weight is 350 g/mol. The van der Waals surface area contributed by atoms with E-state index in [1.54, 1.807) is 4.57 Å². The van der Waals surface area contributed by atoms with E-state index in [0.717, 1.165) is 12.1 Å². The first kappa shape index (κ1) is 16.9. The Bertz CT molecular complexity index is 859. The standard InChI is InChI=1S/C16H22N4O3S/c1-12-9-19(8-7-17-12)16(21)10-20-14-6-4-3-5-13(14)18-15(20)11-24(2,22)23/h3-6,12,17H,7-11H2,1-2H3. The molecule has 1 N–H and O–H groups in total. The molecular formula is C16H22N4O3S. The maximum atomic E-state index is 12.7. The van der Waals surface area contributed by atoms with E-state index in [4.69, 9.17) is 0 Å². The fraction of sp³-hybridized carbons (Fsp3) is 0.500. The van der Waals surface area contributed by atoms with Crippen molar-refractivity contribution < 1.29 is 13.2 Å². The molecule has 1 unspecified atom stereocenters. The molecule has 1 fully saturated rings. The Balaban J connectivity index is 1.92. The van der Waals surface area contributed by atoms with Gasteiger partial charge in [0.15, 0.2) is 9.84 Å². The molecule has 1 aliphatic heterocycles. The molecule has 0 radical (unpaired) electrons. The molecule has 1 aromatic heterocycles. The first-order valence-corrected chi connectivity index (χ1v) is 10.0. The molecule has 0 bridgehead atoms. The van der Waals surface area contributed by atoms with Gasteiger partial charge in [0.1, 0.15) is 18.1 Å². The first-order valence-electron chi connectivity index (χ1n) is 7.96. The molecule has 1 amide bonds. The first-order chi connectivity index (χ1) is 11.3. The molecular weight excluding hydrogens is 328 g/mol. The van der Waals surface area contributed by atoms with Gasteiger partial charge in [0, 0.05) is 31.9 Å². The van der Waals surface area contributed by atoms with Crippen molar-refractivity contribution in [2.75, 3.05) is 25.9 Å². The van der Waals surface area contributed by atoms with Crippen molar-refractivity contribution in [3.63, 3.8) is 0 Å². The second-order valence-electron chi connectivity index (χ2n) is 6.37. The van der Waals surface area contributed by atoms with Crippen LogP contribution >= 0.6 is 0 Å². The quantitative estimate of drug-likeness (QED) is 0.863. The number of sulfone groups is 1. The lowest BCUT2D eigenvalue weighted by Crippen LogP contribution is -2.52. The predicted octanol–water partition coefficient (Wildman–Crippen LogP) is 0.401. The molecule has 3 rings (SSSR count). The van der Waals surface area contributed by atoms with Crippen molar-refractivity contribution in [1.29, 1.82) is 0 Å². The van der Waals surface area contributed by atoms with Gasteiger partial charge in [-0.3, -0.25) is 4.79 Å². The third kappa shape index (κ3) is 3.76. The van der Waals surface area contributed by atoms with Crippen LogP contribution < -0.4 is 5.32 Å².